The molecule has 0 atom stereocenters. The zero-order valence-electron chi connectivity index (χ0n) is 55.3. The molecule has 0 saturated carbocycles. The third-order valence-electron chi connectivity index (χ3n) is 19.2. The Labute approximate surface area is 547 Å². The Morgan fingerprint density at radius 2 is 0.723 bits per heavy atom. The Bertz CT molecular complexity index is 5690. The number of benzene rings is 11. The first-order valence-corrected chi connectivity index (χ1v) is 32.6. The van der Waals surface area contributed by atoms with E-state index in [-0.39, 0.29) is 21.7 Å². The van der Waals surface area contributed by atoms with Crippen LogP contribution in [0.1, 0.15) is 105 Å². The lowest BCUT2D eigenvalue weighted by Crippen LogP contribution is -2.17. The number of hydrogen-bond donors (Lipinski definition) is 0. The predicted molar refractivity (Wildman–Crippen MR) is 391 cm³/mol. The van der Waals surface area contributed by atoms with Gasteiger partial charge in [-0.3, -0.25) is 0 Å². The van der Waals surface area contributed by atoms with Gasteiger partial charge in [0.05, 0.1) is 50.8 Å². The van der Waals surface area contributed by atoms with E-state index in [1.165, 1.54) is 22.3 Å². The van der Waals surface area contributed by atoms with Crippen molar-refractivity contribution < 1.29 is 8.83 Å². The molecular weight excluding hydrogens is 1150 g/mol. The summed E-state index contributed by atoms with van der Waals surface area (Å²) >= 11 is 0. The molecule has 0 amide bonds. The Hall–Kier alpha value is -10.9. The molecule has 16 rings (SSSR count). The SMILES string of the molecule is [C-]#[N+]c1ccc(-c2ccc(-c3cc(-c4nc(-c5cc(C(C)(C)C)cc(C(C)(C)C)c5)nc(-c5cc(C(C)(C)C)cc(C(C)(C)C)c5)n4)ccc3-n3c4ccccc4c4c5oc6ccccc6c5ccc43)c(-n3c4ccccc4c4c5oc6ccccc6c5ccc43)c2)cc1. The Balaban J connectivity index is 1.04. The summed E-state index contributed by atoms with van der Waals surface area (Å²) in [5.41, 5.74) is 20.8. The van der Waals surface area contributed by atoms with E-state index < -0.39 is 0 Å². The average Bonchev–Trinajstić information content (AvgIpc) is 1.59. The van der Waals surface area contributed by atoms with Crippen molar-refractivity contribution in [2.45, 2.75) is 105 Å². The normalized spacial score (nSPS) is 12.7. The van der Waals surface area contributed by atoms with Crippen LogP contribution in [0.2, 0.25) is 0 Å². The minimum Gasteiger partial charge on any atom is -0.455 e. The highest BCUT2D eigenvalue weighted by molar-refractivity contribution is 6.25. The van der Waals surface area contributed by atoms with E-state index in [0.717, 1.165) is 138 Å². The topological polar surface area (TPSA) is 79.2 Å². The van der Waals surface area contributed by atoms with Crippen molar-refractivity contribution in [2.24, 2.45) is 0 Å². The van der Waals surface area contributed by atoms with Crippen LogP contribution in [-0.2, 0) is 21.7 Å². The number of para-hydroxylation sites is 4. The zero-order valence-corrected chi connectivity index (χ0v) is 55.3. The van der Waals surface area contributed by atoms with E-state index >= 15 is 0 Å². The lowest BCUT2D eigenvalue weighted by Gasteiger charge is -2.26. The summed E-state index contributed by atoms with van der Waals surface area (Å²) < 4.78 is 18.7. The van der Waals surface area contributed by atoms with E-state index in [9.17, 15) is 0 Å². The molecule has 0 bridgehead atoms. The minimum absolute atomic E-state index is 0.159. The number of hydrogen-bond acceptors (Lipinski definition) is 5. The van der Waals surface area contributed by atoms with Crippen LogP contribution in [0.3, 0.4) is 0 Å². The predicted octanol–water partition coefficient (Wildman–Crippen LogP) is 23.9. The highest BCUT2D eigenvalue weighted by atomic mass is 16.3. The van der Waals surface area contributed by atoms with Gasteiger partial charge in [0.1, 0.15) is 22.3 Å². The van der Waals surface area contributed by atoms with Crippen molar-refractivity contribution in [3.8, 4) is 67.8 Å². The molecule has 8 nitrogen and oxygen atoms in total. The molecule has 458 valence electrons. The van der Waals surface area contributed by atoms with Crippen LogP contribution in [0.25, 0.3) is 160 Å². The Morgan fingerprint density at radius 3 is 1.18 bits per heavy atom. The van der Waals surface area contributed by atoms with Gasteiger partial charge in [-0.15, -0.1) is 0 Å². The van der Waals surface area contributed by atoms with Crippen LogP contribution in [-0.4, -0.2) is 24.1 Å². The fourth-order valence-electron chi connectivity index (χ4n) is 13.9. The van der Waals surface area contributed by atoms with Gasteiger partial charge in [-0.2, -0.15) is 0 Å². The second-order valence-corrected chi connectivity index (χ2v) is 29.6. The first kappa shape index (κ1) is 58.2. The molecule has 0 N–H and O–H groups in total. The van der Waals surface area contributed by atoms with Crippen LogP contribution in [0, 0.1) is 6.57 Å². The van der Waals surface area contributed by atoms with Crippen LogP contribution in [0.15, 0.2) is 227 Å². The summed E-state index contributed by atoms with van der Waals surface area (Å²) in [7, 11) is 0. The molecule has 0 aliphatic rings. The maximum atomic E-state index is 7.87. The Kier molecular flexibility index (Phi) is 13.1. The summed E-state index contributed by atoms with van der Waals surface area (Å²) in [4.78, 5) is 20.7. The minimum atomic E-state index is -0.159. The fourth-order valence-corrected chi connectivity index (χ4v) is 13.9. The second kappa shape index (κ2) is 21.1. The number of nitrogens with zero attached hydrogens (tertiary/aromatic N) is 6. The van der Waals surface area contributed by atoms with Crippen molar-refractivity contribution in [1.82, 2.24) is 24.1 Å². The van der Waals surface area contributed by atoms with Gasteiger partial charge in [-0.25, -0.2) is 19.8 Å². The van der Waals surface area contributed by atoms with Crippen molar-refractivity contribution in [2.75, 3.05) is 0 Å². The van der Waals surface area contributed by atoms with Crippen LogP contribution < -0.4 is 0 Å². The van der Waals surface area contributed by atoms with Crippen molar-refractivity contribution >= 4 is 93.2 Å². The summed E-state index contributed by atoms with van der Waals surface area (Å²) in [5.74, 6) is 1.77. The molecule has 11 aromatic carbocycles. The monoisotopic (exact) mass is 1220 g/mol. The number of fused-ring (bicyclic) bond motifs is 14. The van der Waals surface area contributed by atoms with Gasteiger partial charge in [0.2, 0.25) is 0 Å². The smallest absolute Gasteiger partial charge is 0.187 e. The van der Waals surface area contributed by atoms with Gasteiger partial charge in [-0.1, -0.05) is 204 Å². The largest absolute Gasteiger partial charge is 0.455 e. The van der Waals surface area contributed by atoms with Crippen molar-refractivity contribution in [3.63, 3.8) is 0 Å². The molecule has 0 spiro atoms. The first-order valence-electron chi connectivity index (χ1n) is 32.6. The van der Waals surface area contributed by atoms with Crippen molar-refractivity contribution in [1.29, 1.82) is 0 Å². The molecule has 0 aliphatic carbocycles. The van der Waals surface area contributed by atoms with Crippen LogP contribution in [0.5, 0.6) is 0 Å². The van der Waals surface area contributed by atoms with Crippen LogP contribution >= 0.6 is 0 Å². The molecule has 5 heterocycles. The van der Waals surface area contributed by atoms with E-state index in [2.05, 4.69) is 291 Å². The van der Waals surface area contributed by atoms with Gasteiger partial charge >= 0.3 is 0 Å². The molecule has 0 unspecified atom stereocenters. The molecule has 0 radical (unpaired) electrons. The van der Waals surface area contributed by atoms with Gasteiger partial charge < -0.3 is 18.0 Å². The maximum absolute atomic E-state index is 7.87. The van der Waals surface area contributed by atoms with Gasteiger partial charge in [0.15, 0.2) is 23.2 Å². The summed E-state index contributed by atoms with van der Waals surface area (Å²) in [6.07, 6.45) is 0. The molecule has 0 fully saturated rings. The van der Waals surface area contributed by atoms with Gasteiger partial charge in [0, 0.05) is 60.1 Å². The fraction of sp³-hybridized carbons (Fsp3) is 0.186. The third kappa shape index (κ3) is 9.58. The van der Waals surface area contributed by atoms with E-state index in [4.69, 9.17) is 30.4 Å². The second-order valence-electron chi connectivity index (χ2n) is 29.6. The average molecular weight is 1220 g/mol. The lowest BCUT2D eigenvalue weighted by molar-refractivity contribution is 0.568. The number of furan rings is 2. The maximum Gasteiger partial charge on any atom is 0.187 e. The van der Waals surface area contributed by atoms with Gasteiger partial charge in [0.25, 0.3) is 0 Å². The molecular formula is C86H72N6O2. The number of rotatable bonds is 7. The molecule has 5 aromatic heterocycles. The standard InChI is InChI=1S/C86H72N6O2/c1-83(2,3)55-42-53(43-56(48-55)84(4,5)6)81-88-80(89-82(90-81)54-44-57(85(7,8)9)49-58(45-54)86(10,11)12)52-33-39-70(91-68-26-18-14-24-65(68)76-71(91)40-37-63-61-22-16-20-28-74(61)93-78(63)76)67(46-52)60-36-32-51(50-30-34-59(87-13)35-31-50)47-73(60)92-69-27-19-15-25-66(69)77-72(92)41-38-64-62-23-17-21-29-75(62)94-79(64)77/h14-49H,1-12H3. The van der Waals surface area contributed by atoms with Crippen LogP contribution in [0.4, 0.5) is 5.69 Å². The summed E-state index contributed by atoms with van der Waals surface area (Å²) in [5, 5.41) is 8.53. The molecule has 0 aliphatic heterocycles. The van der Waals surface area contributed by atoms with Gasteiger partial charge in [-0.05, 0) is 152 Å². The third-order valence-corrected chi connectivity index (χ3v) is 19.2. The van der Waals surface area contributed by atoms with E-state index in [0.29, 0.717) is 23.2 Å². The highest BCUT2D eigenvalue weighted by Gasteiger charge is 2.29. The summed E-state index contributed by atoms with van der Waals surface area (Å²) in [6, 6.07) is 78.4. The highest BCUT2D eigenvalue weighted by Crippen LogP contribution is 2.48. The Morgan fingerprint density at radius 1 is 0.319 bits per heavy atom. The molecule has 94 heavy (non-hydrogen) atoms. The lowest BCUT2D eigenvalue weighted by atomic mass is 9.79. The zero-order chi connectivity index (χ0) is 64.9. The molecule has 8 heteroatoms. The van der Waals surface area contributed by atoms with Crippen molar-refractivity contribution in [3.05, 3.63) is 252 Å². The molecule has 16 aromatic rings. The van der Waals surface area contributed by atoms with E-state index in [1.54, 1.807) is 0 Å². The van der Waals surface area contributed by atoms with E-state index in [1.807, 2.05) is 24.3 Å². The summed E-state index contributed by atoms with van der Waals surface area (Å²) in [6.45, 7) is 35.2. The quantitative estimate of drug-likeness (QED) is 0.149. The molecule has 0 saturated heterocycles. The number of aromatic nitrogens is 5. The first-order chi connectivity index (χ1) is 45.0.